The second-order valence-electron chi connectivity index (χ2n) is 7.71. The molecule has 0 radical (unpaired) electrons. The number of ether oxygens (including phenoxy) is 1. The first-order valence-corrected chi connectivity index (χ1v) is 9.05. The van der Waals surface area contributed by atoms with Crippen molar-refractivity contribution in [2.75, 3.05) is 0 Å². The fourth-order valence-corrected chi connectivity index (χ4v) is 4.10. The van der Waals surface area contributed by atoms with Gasteiger partial charge in [-0.2, -0.15) is 0 Å². The number of hydrogen-bond donors (Lipinski definition) is 1. The molecular weight excluding hydrogens is 286 g/mol. The van der Waals surface area contributed by atoms with Crippen molar-refractivity contribution in [1.29, 1.82) is 0 Å². The predicted octanol–water partition coefficient (Wildman–Crippen LogP) is 3.70. The van der Waals surface area contributed by atoms with Crippen molar-refractivity contribution >= 4 is 5.97 Å². The van der Waals surface area contributed by atoms with Crippen LogP contribution in [0.5, 0.6) is 0 Å². The average molecular weight is 315 g/mol. The highest BCUT2D eigenvalue weighted by Gasteiger charge is 2.35. The van der Waals surface area contributed by atoms with Gasteiger partial charge in [0, 0.05) is 6.54 Å². The molecule has 1 fully saturated rings. The van der Waals surface area contributed by atoms with Crippen molar-refractivity contribution in [1.82, 2.24) is 5.32 Å². The van der Waals surface area contributed by atoms with Gasteiger partial charge in [-0.1, -0.05) is 51.5 Å². The highest BCUT2D eigenvalue weighted by molar-refractivity contribution is 5.77. The monoisotopic (exact) mass is 315 g/mol. The van der Waals surface area contributed by atoms with Crippen molar-refractivity contribution in [2.45, 2.75) is 65.1 Å². The quantitative estimate of drug-likeness (QED) is 0.864. The fourth-order valence-electron chi connectivity index (χ4n) is 4.10. The van der Waals surface area contributed by atoms with Gasteiger partial charge in [0.05, 0.1) is 0 Å². The van der Waals surface area contributed by atoms with E-state index in [0.29, 0.717) is 17.8 Å². The first-order chi connectivity index (χ1) is 11.0. The molecule has 1 N–H and O–H groups in total. The van der Waals surface area contributed by atoms with Gasteiger partial charge in [-0.3, -0.25) is 4.79 Å². The van der Waals surface area contributed by atoms with Crippen LogP contribution in [0.15, 0.2) is 24.3 Å². The van der Waals surface area contributed by atoms with Gasteiger partial charge in [0.15, 0.2) is 0 Å². The lowest BCUT2D eigenvalue weighted by molar-refractivity contribution is -0.158. The molecule has 1 aromatic rings. The lowest BCUT2D eigenvalue weighted by Gasteiger charge is -2.37. The number of nitrogens with one attached hydrogen (secondary N) is 1. The van der Waals surface area contributed by atoms with E-state index in [9.17, 15) is 4.79 Å². The molecule has 126 valence electrons. The molecule has 0 aromatic heterocycles. The summed E-state index contributed by atoms with van der Waals surface area (Å²) in [5, 5.41) is 3.35. The highest BCUT2D eigenvalue weighted by Crippen LogP contribution is 2.35. The standard InChI is InChI=1S/C20H29NO2/c1-13(2)17-9-8-14(3)10-19(17)23-20(22)18-11-15-6-4-5-7-16(15)12-21-18/h4-7,13-14,17-19,21H,8-12H2,1-3H3. The van der Waals surface area contributed by atoms with Crippen molar-refractivity contribution in [3.8, 4) is 0 Å². The molecule has 0 saturated heterocycles. The van der Waals surface area contributed by atoms with Crippen LogP contribution in [-0.2, 0) is 22.5 Å². The maximum absolute atomic E-state index is 12.7. The van der Waals surface area contributed by atoms with Crippen molar-refractivity contribution in [2.24, 2.45) is 17.8 Å². The third-order valence-corrected chi connectivity index (χ3v) is 5.59. The van der Waals surface area contributed by atoms with Crippen molar-refractivity contribution in [3.05, 3.63) is 35.4 Å². The van der Waals surface area contributed by atoms with Crippen LogP contribution in [0.25, 0.3) is 0 Å². The Morgan fingerprint density at radius 3 is 2.70 bits per heavy atom. The van der Waals surface area contributed by atoms with Gasteiger partial charge in [-0.25, -0.2) is 0 Å². The van der Waals surface area contributed by atoms with E-state index in [-0.39, 0.29) is 18.1 Å². The number of carbonyl (C=O) groups excluding carboxylic acids is 1. The van der Waals surface area contributed by atoms with Crippen molar-refractivity contribution < 1.29 is 9.53 Å². The minimum atomic E-state index is -0.199. The number of fused-ring (bicyclic) bond motifs is 1. The molecular formula is C20H29NO2. The van der Waals surface area contributed by atoms with Crippen LogP contribution >= 0.6 is 0 Å². The van der Waals surface area contributed by atoms with Gasteiger partial charge in [0.1, 0.15) is 12.1 Å². The maximum Gasteiger partial charge on any atom is 0.323 e. The normalized spacial score (nSPS) is 30.8. The molecule has 1 aliphatic heterocycles. The second kappa shape index (κ2) is 7.04. The molecule has 0 amide bonds. The van der Waals surface area contributed by atoms with E-state index in [0.717, 1.165) is 19.4 Å². The summed E-state index contributed by atoms with van der Waals surface area (Å²) in [5.74, 6) is 1.67. The van der Waals surface area contributed by atoms with Crippen LogP contribution in [0.1, 0.15) is 51.2 Å². The SMILES string of the molecule is CC1CCC(C(C)C)C(OC(=O)C2Cc3ccccc3CN2)C1. The molecule has 3 heteroatoms. The zero-order valence-corrected chi connectivity index (χ0v) is 14.5. The third-order valence-electron chi connectivity index (χ3n) is 5.59. The topological polar surface area (TPSA) is 38.3 Å². The molecule has 4 unspecified atom stereocenters. The maximum atomic E-state index is 12.7. The van der Waals surface area contributed by atoms with Crippen LogP contribution in [0.3, 0.4) is 0 Å². The zero-order valence-electron chi connectivity index (χ0n) is 14.5. The first kappa shape index (κ1) is 16.5. The highest BCUT2D eigenvalue weighted by atomic mass is 16.5. The summed E-state index contributed by atoms with van der Waals surface area (Å²) in [6, 6.07) is 8.15. The van der Waals surface area contributed by atoms with Crippen molar-refractivity contribution in [3.63, 3.8) is 0 Å². The Morgan fingerprint density at radius 2 is 1.96 bits per heavy atom. The molecule has 4 atom stereocenters. The Morgan fingerprint density at radius 1 is 1.22 bits per heavy atom. The Kier molecular flexibility index (Phi) is 5.05. The summed E-state index contributed by atoms with van der Waals surface area (Å²) in [6.45, 7) is 7.52. The summed E-state index contributed by atoms with van der Waals surface area (Å²) < 4.78 is 5.99. The zero-order chi connectivity index (χ0) is 16.4. The first-order valence-electron chi connectivity index (χ1n) is 9.05. The third kappa shape index (κ3) is 3.77. The number of carbonyl (C=O) groups is 1. The molecule has 1 heterocycles. The van der Waals surface area contributed by atoms with E-state index in [1.807, 2.05) is 6.07 Å². The molecule has 3 rings (SSSR count). The van der Waals surface area contributed by atoms with Crippen LogP contribution in [0.4, 0.5) is 0 Å². The van der Waals surface area contributed by atoms with E-state index in [1.165, 1.54) is 24.0 Å². The van der Waals surface area contributed by atoms with Crippen LogP contribution in [-0.4, -0.2) is 18.1 Å². The van der Waals surface area contributed by atoms with Crippen LogP contribution in [0, 0.1) is 17.8 Å². The fraction of sp³-hybridized carbons (Fsp3) is 0.650. The van der Waals surface area contributed by atoms with E-state index < -0.39 is 0 Å². The summed E-state index contributed by atoms with van der Waals surface area (Å²) in [7, 11) is 0. The number of hydrogen-bond acceptors (Lipinski definition) is 3. The van der Waals surface area contributed by atoms with Gasteiger partial charge in [-0.05, 0) is 48.1 Å². The summed E-state index contributed by atoms with van der Waals surface area (Å²) >= 11 is 0. The number of benzene rings is 1. The largest absolute Gasteiger partial charge is 0.461 e. The molecule has 0 bridgehead atoms. The molecule has 1 saturated carbocycles. The van der Waals surface area contributed by atoms with Gasteiger partial charge in [-0.15, -0.1) is 0 Å². The molecule has 3 nitrogen and oxygen atoms in total. The Hall–Kier alpha value is -1.35. The van der Waals surface area contributed by atoms with E-state index in [1.54, 1.807) is 0 Å². The lowest BCUT2D eigenvalue weighted by atomic mass is 9.75. The molecule has 1 aliphatic carbocycles. The van der Waals surface area contributed by atoms with E-state index >= 15 is 0 Å². The van der Waals surface area contributed by atoms with Crippen LogP contribution < -0.4 is 5.32 Å². The smallest absolute Gasteiger partial charge is 0.323 e. The minimum absolute atomic E-state index is 0.0655. The minimum Gasteiger partial charge on any atom is -0.461 e. The Labute approximate surface area is 139 Å². The lowest BCUT2D eigenvalue weighted by Crippen LogP contribution is -2.46. The summed E-state index contributed by atoms with van der Waals surface area (Å²) in [4.78, 5) is 12.7. The molecule has 0 spiro atoms. The molecule has 1 aromatic carbocycles. The van der Waals surface area contributed by atoms with E-state index in [4.69, 9.17) is 4.74 Å². The van der Waals surface area contributed by atoms with Gasteiger partial charge < -0.3 is 10.1 Å². The summed E-state index contributed by atoms with van der Waals surface area (Å²) in [5.41, 5.74) is 2.56. The van der Waals surface area contributed by atoms with Crippen LogP contribution in [0.2, 0.25) is 0 Å². The average Bonchev–Trinajstić information content (AvgIpc) is 2.54. The molecule has 2 aliphatic rings. The number of rotatable bonds is 3. The second-order valence-corrected chi connectivity index (χ2v) is 7.71. The number of esters is 1. The van der Waals surface area contributed by atoms with Gasteiger partial charge in [0.2, 0.25) is 0 Å². The Balaban J connectivity index is 1.64. The molecule has 23 heavy (non-hydrogen) atoms. The summed E-state index contributed by atoms with van der Waals surface area (Å²) in [6.07, 6.45) is 4.27. The van der Waals surface area contributed by atoms with E-state index in [2.05, 4.69) is 44.3 Å². The van der Waals surface area contributed by atoms with Gasteiger partial charge in [0.25, 0.3) is 0 Å². The van der Waals surface area contributed by atoms with Gasteiger partial charge >= 0.3 is 5.97 Å². The Bertz CT molecular complexity index is 554. The predicted molar refractivity (Wildman–Crippen MR) is 92.0 cm³/mol.